The second-order valence-corrected chi connectivity index (χ2v) is 8.08. The fourth-order valence-corrected chi connectivity index (χ4v) is 4.46. The molecule has 1 fully saturated rings. The Labute approximate surface area is 184 Å². The second kappa shape index (κ2) is 8.07. The summed E-state index contributed by atoms with van der Waals surface area (Å²) in [5.41, 5.74) is 3.34. The molecular formula is C23H22ClN5O2. The van der Waals surface area contributed by atoms with Gasteiger partial charge in [0, 0.05) is 31.2 Å². The number of nitrogens with zero attached hydrogens (tertiary/aromatic N) is 4. The second-order valence-electron chi connectivity index (χ2n) is 7.67. The van der Waals surface area contributed by atoms with Crippen LogP contribution in [-0.2, 0) is 4.79 Å². The first-order valence-electron chi connectivity index (χ1n) is 10.2. The van der Waals surface area contributed by atoms with Gasteiger partial charge in [0.2, 0.25) is 5.91 Å². The van der Waals surface area contributed by atoms with E-state index in [1.807, 2.05) is 24.4 Å². The maximum absolute atomic E-state index is 13.0. The molecule has 0 saturated carbocycles. The van der Waals surface area contributed by atoms with Crippen molar-refractivity contribution in [1.29, 1.82) is 0 Å². The van der Waals surface area contributed by atoms with Gasteiger partial charge in [-0.05, 0) is 55.3 Å². The van der Waals surface area contributed by atoms with Gasteiger partial charge in [-0.1, -0.05) is 11.6 Å². The summed E-state index contributed by atoms with van der Waals surface area (Å²) in [6.07, 6.45) is 5.51. The van der Waals surface area contributed by atoms with E-state index in [0.29, 0.717) is 28.7 Å². The largest absolute Gasteiger partial charge is 0.495 e. The highest BCUT2D eigenvalue weighted by atomic mass is 35.5. The Morgan fingerprint density at radius 1 is 1.23 bits per heavy atom. The van der Waals surface area contributed by atoms with Crippen LogP contribution < -0.4 is 15.0 Å². The SMILES string of the molecule is COc1ccc(NC(=O)[C@H]2CCCN(c3nc4ncccc4n4cccc34)C2)cc1Cl. The lowest BCUT2D eigenvalue weighted by molar-refractivity contribution is -0.120. The van der Waals surface area contributed by atoms with Gasteiger partial charge in [0.25, 0.3) is 0 Å². The average Bonchev–Trinajstić information content (AvgIpc) is 3.29. The molecule has 1 atom stereocenters. The minimum atomic E-state index is -0.147. The monoisotopic (exact) mass is 435 g/mol. The van der Waals surface area contributed by atoms with Crippen LogP contribution in [0.25, 0.3) is 16.7 Å². The molecule has 7 nitrogen and oxygen atoms in total. The molecule has 0 bridgehead atoms. The highest BCUT2D eigenvalue weighted by Gasteiger charge is 2.28. The van der Waals surface area contributed by atoms with E-state index in [0.717, 1.165) is 36.2 Å². The summed E-state index contributed by atoms with van der Waals surface area (Å²) >= 11 is 6.19. The van der Waals surface area contributed by atoms with Crippen molar-refractivity contribution in [1.82, 2.24) is 14.4 Å². The fourth-order valence-electron chi connectivity index (χ4n) is 4.20. The highest BCUT2D eigenvalue weighted by molar-refractivity contribution is 6.32. The van der Waals surface area contributed by atoms with Gasteiger partial charge < -0.3 is 19.4 Å². The number of fused-ring (bicyclic) bond motifs is 3. The molecule has 1 aromatic carbocycles. The van der Waals surface area contributed by atoms with Gasteiger partial charge in [0.1, 0.15) is 5.75 Å². The number of amides is 1. The smallest absolute Gasteiger partial charge is 0.229 e. The first kappa shape index (κ1) is 19.6. The lowest BCUT2D eigenvalue weighted by Crippen LogP contribution is -2.41. The van der Waals surface area contributed by atoms with Crippen LogP contribution in [0.15, 0.2) is 54.9 Å². The van der Waals surface area contributed by atoms with E-state index in [1.165, 1.54) is 0 Å². The number of carbonyl (C=O) groups is 1. The number of methoxy groups -OCH3 is 1. The molecule has 0 unspecified atom stereocenters. The molecule has 0 spiro atoms. The summed E-state index contributed by atoms with van der Waals surface area (Å²) < 4.78 is 7.28. The molecule has 158 valence electrons. The number of ether oxygens (including phenoxy) is 1. The lowest BCUT2D eigenvalue weighted by Gasteiger charge is -2.33. The summed E-state index contributed by atoms with van der Waals surface area (Å²) in [4.78, 5) is 24.5. The van der Waals surface area contributed by atoms with Crippen LogP contribution in [0.2, 0.25) is 5.02 Å². The van der Waals surface area contributed by atoms with Gasteiger partial charge in [0.05, 0.1) is 29.1 Å². The molecule has 1 saturated heterocycles. The first-order chi connectivity index (χ1) is 15.1. The Bertz CT molecular complexity index is 1270. The Morgan fingerprint density at radius 2 is 2.10 bits per heavy atom. The number of rotatable bonds is 4. The third-order valence-electron chi connectivity index (χ3n) is 5.73. The number of halogens is 1. The van der Waals surface area contributed by atoms with Crippen molar-refractivity contribution in [2.75, 3.05) is 30.4 Å². The van der Waals surface area contributed by atoms with Gasteiger partial charge >= 0.3 is 0 Å². The predicted molar refractivity (Wildman–Crippen MR) is 122 cm³/mol. The third kappa shape index (κ3) is 3.65. The number of hydrogen-bond acceptors (Lipinski definition) is 5. The predicted octanol–water partition coefficient (Wildman–Crippen LogP) is 4.40. The molecule has 0 radical (unpaired) electrons. The van der Waals surface area contributed by atoms with Gasteiger partial charge in [-0.2, -0.15) is 0 Å². The lowest BCUT2D eigenvalue weighted by atomic mass is 9.97. The van der Waals surface area contributed by atoms with Crippen LogP contribution in [0, 0.1) is 5.92 Å². The molecule has 5 rings (SSSR count). The van der Waals surface area contributed by atoms with Crippen molar-refractivity contribution in [2.24, 2.45) is 5.92 Å². The van der Waals surface area contributed by atoms with Crippen LogP contribution in [-0.4, -0.2) is 40.5 Å². The molecule has 1 N–H and O–H groups in total. The van der Waals surface area contributed by atoms with E-state index >= 15 is 0 Å². The highest BCUT2D eigenvalue weighted by Crippen LogP contribution is 2.30. The molecule has 4 heterocycles. The maximum Gasteiger partial charge on any atom is 0.229 e. The Hall–Kier alpha value is -3.32. The summed E-state index contributed by atoms with van der Waals surface area (Å²) in [5, 5.41) is 3.46. The molecule has 31 heavy (non-hydrogen) atoms. The third-order valence-corrected chi connectivity index (χ3v) is 6.02. The van der Waals surface area contributed by atoms with Crippen molar-refractivity contribution >= 4 is 45.7 Å². The van der Waals surface area contributed by atoms with E-state index < -0.39 is 0 Å². The number of pyridine rings is 1. The van der Waals surface area contributed by atoms with E-state index in [-0.39, 0.29) is 11.8 Å². The number of carbonyl (C=O) groups excluding carboxylic acids is 1. The Morgan fingerprint density at radius 3 is 2.94 bits per heavy atom. The average molecular weight is 436 g/mol. The van der Waals surface area contributed by atoms with Crippen LogP contribution in [0.3, 0.4) is 0 Å². The number of nitrogens with one attached hydrogen (secondary N) is 1. The number of piperidine rings is 1. The van der Waals surface area contributed by atoms with Crippen LogP contribution >= 0.6 is 11.6 Å². The number of aromatic nitrogens is 3. The molecule has 1 aliphatic heterocycles. The standard InChI is InChI=1S/C23H22ClN5O2/c1-31-20-9-8-16(13-17(20)24)26-23(30)15-5-3-11-28(14-15)22-19-7-4-12-29(19)18-6-2-10-25-21(18)27-22/h2,4,6-10,12-13,15H,3,5,11,14H2,1H3,(H,26,30)/t15-/m0/s1. The van der Waals surface area contributed by atoms with Crippen LogP contribution in [0.4, 0.5) is 11.5 Å². The summed E-state index contributed by atoms with van der Waals surface area (Å²) in [5.74, 6) is 1.28. The van der Waals surface area contributed by atoms with Gasteiger partial charge in [-0.25, -0.2) is 9.97 Å². The first-order valence-corrected chi connectivity index (χ1v) is 10.6. The Balaban J connectivity index is 1.39. The fraction of sp³-hybridized carbons (Fsp3) is 0.261. The zero-order chi connectivity index (χ0) is 21.4. The zero-order valence-electron chi connectivity index (χ0n) is 17.1. The summed E-state index contributed by atoms with van der Waals surface area (Å²) in [6, 6.07) is 13.2. The van der Waals surface area contributed by atoms with Crippen molar-refractivity contribution in [3.05, 3.63) is 59.9 Å². The molecule has 1 aliphatic rings. The van der Waals surface area contributed by atoms with Gasteiger partial charge in [-0.15, -0.1) is 0 Å². The number of anilines is 2. The van der Waals surface area contributed by atoms with Gasteiger partial charge in [-0.3, -0.25) is 4.79 Å². The molecule has 3 aromatic heterocycles. The van der Waals surface area contributed by atoms with Crippen molar-refractivity contribution < 1.29 is 9.53 Å². The molecule has 4 aromatic rings. The topological polar surface area (TPSA) is 71.8 Å². The normalized spacial score (nSPS) is 16.6. The zero-order valence-corrected chi connectivity index (χ0v) is 17.8. The quantitative estimate of drug-likeness (QED) is 0.514. The van der Waals surface area contributed by atoms with E-state index in [2.05, 4.69) is 25.7 Å². The minimum absolute atomic E-state index is 0.0174. The summed E-state index contributed by atoms with van der Waals surface area (Å²) in [6.45, 7) is 1.45. The van der Waals surface area contributed by atoms with E-state index in [4.69, 9.17) is 21.3 Å². The molecular weight excluding hydrogens is 414 g/mol. The molecule has 1 amide bonds. The molecule has 8 heteroatoms. The number of benzene rings is 1. The maximum atomic E-state index is 13.0. The van der Waals surface area contributed by atoms with Gasteiger partial charge in [0.15, 0.2) is 11.5 Å². The van der Waals surface area contributed by atoms with E-state index in [1.54, 1.807) is 31.5 Å². The Kier molecular flexibility index (Phi) is 5.11. The van der Waals surface area contributed by atoms with Crippen LogP contribution in [0.1, 0.15) is 12.8 Å². The van der Waals surface area contributed by atoms with Crippen molar-refractivity contribution in [3.8, 4) is 5.75 Å². The van der Waals surface area contributed by atoms with E-state index in [9.17, 15) is 4.79 Å². The van der Waals surface area contributed by atoms with Crippen molar-refractivity contribution in [2.45, 2.75) is 12.8 Å². The molecule has 0 aliphatic carbocycles. The van der Waals surface area contributed by atoms with Crippen LogP contribution in [0.5, 0.6) is 5.75 Å². The number of hydrogen-bond donors (Lipinski definition) is 1. The summed E-state index contributed by atoms with van der Waals surface area (Å²) in [7, 11) is 1.56. The van der Waals surface area contributed by atoms with Crippen molar-refractivity contribution in [3.63, 3.8) is 0 Å². The minimum Gasteiger partial charge on any atom is -0.495 e.